The van der Waals surface area contributed by atoms with E-state index in [0.29, 0.717) is 4.90 Å². The van der Waals surface area contributed by atoms with Crippen molar-refractivity contribution < 1.29 is 8.42 Å². The van der Waals surface area contributed by atoms with Gasteiger partial charge in [0.15, 0.2) is 9.84 Å². The highest BCUT2D eigenvalue weighted by molar-refractivity contribution is 7.90. The molecule has 0 heterocycles. The number of rotatable bonds is 2. The predicted molar refractivity (Wildman–Crippen MR) is 70.2 cm³/mol. The van der Waals surface area contributed by atoms with E-state index in [1.807, 2.05) is 26.2 Å². The molecule has 92 valence electrons. The van der Waals surface area contributed by atoms with E-state index in [2.05, 4.69) is 5.32 Å². The number of sulfone groups is 1. The molecule has 16 heavy (non-hydrogen) atoms. The first kappa shape index (κ1) is 17.1. The molecule has 0 aliphatic heterocycles. The van der Waals surface area contributed by atoms with Crippen molar-refractivity contribution in [3.8, 4) is 0 Å². The lowest BCUT2D eigenvalue weighted by Gasteiger charge is -1.93. The van der Waals surface area contributed by atoms with Crippen molar-refractivity contribution >= 4 is 9.84 Å². The second-order valence-corrected chi connectivity index (χ2v) is 4.89. The fourth-order valence-electron chi connectivity index (χ4n) is 0.834. The Kier molecular flexibility index (Phi) is 9.60. The molecule has 1 N–H and O–H groups in total. The van der Waals surface area contributed by atoms with Crippen LogP contribution in [0.1, 0.15) is 14.4 Å². The quantitative estimate of drug-likeness (QED) is 0.868. The Morgan fingerprint density at radius 1 is 1.19 bits per heavy atom. The predicted octanol–water partition coefficient (Wildman–Crippen LogP) is 2.47. The van der Waals surface area contributed by atoms with Gasteiger partial charge in [0, 0.05) is 13.3 Å². The van der Waals surface area contributed by atoms with E-state index in [1.165, 1.54) is 6.26 Å². The van der Waals surface area contributed by atoms with Crippen LogP contribution in [0.2, 0.25) is 0 Å². The van der Waals surface area contributed by atoms with Crippen molar-refractivity contribution in [1.82, 2.24) is 5.32 Å². The largest absolute Gasteiger partial charge is 0.394 e. The minimum atomic E-state index is -3.00. The zero-order valence-corrected chi connectivity index (χ0v) is 10.1. The molecule has 3 nitrogen and oxygen atoms in total. The zero-order valence-electron chi connectivity index (χ0n) is 9.27. The molecule has 0 aliphatic carbocycles. The van der Waals surface area contributed by atoms with Crippen molar-refractivity contribution in [3.05, 3.63) is 42.6 Å². The monoisotopic (exact) mass is 243 g/mol. The number of hydrogen-bond donors (Lipinski definition) is 1. The van der Waals surface area contributed by atoms with Crippen LogP contribution in [0, 0.1) is 0 Å². The lowest BCUT2D eigenvalue weighted by molar-refractivity contribution is 0.602. The van der Waals surface area contributed by atoms with E-state index >= 15 is 0 Å². The van der Waals surface area contributed by atoms with Crippen LogP contribution in [0.4, 0.5) is 0 Å². The van der Waals surface area contributed by atoms with Crippen LogP contribution in [0.3, 0.4) is 0 Å². The van der Waals surface area contributed by atoms with Crippen molar-refractivity contribution in [2.24, 2.45) is 0 Å². The second-order valence-electron chi connectivity index (χ2n) is 2.87. The molecule has 0 saturated carbocycles. The lowest BCUT2D eigenvalue weighted by atomic mass is 10.4. The maximum atomic E-state index is 10.8. The first-order chi connectivity index (χ1) is 7.02. The lowest BCUT2D eigenvalue weighted by Crippen LogP contribution is -1.95. The molecule has 1 aromatic rings. The van der Waals surface area contributed by atoms with Crippen LogP contribution in [0.25, 0.3) is 0 Å². The van der Waals surface area contributed by atoms with Crippen LogP contribution in [-0.2, 0) is 9.84 Å². The van der Waals surface area contributed by atoms with Crippen LogP contribution >= 0.6 is 0 Å². The molecule has 0 unspecified atom stereocenters. The van der Waals surface area contributed by atoms with E-state index in [9.17, 15) is 8.42 Å². The van der Waals surface area contributed by atoms with Crippen molar-refractivity contribution in [3.63, 3.8) is 0 Å². The van der Waals surface area contributed by atoms with Gasteiger partial charge in [-0.25, -0.2) is 8.42 Å². The molecule has 1 rings (SSSR count). The average Bonchev–Trinajstić information content (AvgIpc) is 2.20. The summed E-state index contributed by atoms with van der Waals surface area (Å²) in [5.41, 5.74) is 0. The Morgan fingerprint density at radius 2 is 1.69 bits per heavy atom. The zero-order chi connectivity index (χ0) is 11.7. The topological polar surface area (TPSA) is 46.2 Å². The highest BCUT2D eigenvalue weighted by Gasteiger charge is 2.02. The average molecular weight is 243 g/mol. The maximum absolute atomic E-state index is 10.8. The summed E-state index contributed by atoms with van der Waals surface area (Å²) in [6.45, 7) is 1.97. The SMILES string of the molecule is C.CC=CNC.CS(=O)(=O)c1ccccc1. The van der Waals surface area contributed by atoms with Gasteiger partial charge in [-0.3, -0.25) is 0 Å². The fourth-order valence-corrected chi connectivity index (χ4v) is 1.49. The Bertz CT molecular complexity index is 383. The minimum Gasteiger partial charge on any atom is -0.394 e. The summed E-state index contributed by atoms with van der Waals surface area (Å²) in [6, 6.07) is 8.35. The molecule has 0 radical (unpaired) electrons. The summed E-state index contributed by atoms with van der Waals surface area (Å²) < 4.78 is 21.7. The summed E-state index contributed by atoms with van der Waals surface area (Å²) in [4.78, 5) is 0.370. The molecule has 0 spiro atoms. The fraction of sp³-hybridized carbons (Fsp3) is 0.333. The Labute approximate surface area is 99.1 Å². The summed E-state index contributed by atoms with van der Waals surface area (Å²) in [5, 5.41) is 2.84. The standard InChI is InChI=1S/C7H8O2S.C4H9N.CH4/c1-10(8,9)7-5-3-2-4-6-7;1-3-4-5-2;/h2-6H,1H3;3-5H,1-2H3;1H4. The normalized spacial score (nSPS) is 9.94. The molecule has 0 amide bonds. The Hall–Kier alpha value is -1.29. The van der Waals surface area contributed by atoms with E-state index in [4.69, 9.17) is 0 Å². The summed E-state index contributed by atoms with van der Waals surface area (Å²) in [5.74, 6) is 0. The Balaban J connectivity index is 0. The van der Waals surface area contributed by atoms with Gasteiger partial charge in [0.25, 0.3) is 0 Å². The molecule has 4 heteroatoms. The van der Waals surface area contributed by atoms with Gasteiger partial charge in [-0.1, -0.05) is 31.7 Å². The van der Waals surface area contributed by atoms with Gasteiger partial charge < -0.3 is 5.32 Å². The van der Waals surface area contributed by atoms with E-state index < -0.39 is 9.84 Å². The first-order valence-corrected chi connectivity index (χ1v) is 6.45. The molecule has 0 aromatic heterocycles. The third-order valence-corrected chi connectivity index (χ3v) is 2.63. The van der Waals surface area contributed by atoms with Crippen LogP contribution in [0.15, 0.2) is 47.5 Å². The molecule has 0 bridgehead atoms. The third-order valence-electron chi connectivity index (χ3n) is 1.50. The summed E-state index contributed by atoms with van der Waals surface area (Å²) in [6.07, 6.45) is 5.02. The number of nitrogens with one attached hydrogen (secondary N) is 1. The maximum Gasteiger partial charge on any atom is 0.175 e. The van der Waals surface area contributed by atoms with Gasteiger partial charge in [-0.05, 0) is 25.3 Å². The number of allylic oxidation sites excluding steroid dienone is 1. The third kappa shape index (κ3) is 8.05. The van der Waals surface area contributed by atoms with E-state index in [1.54, 1.807) is 30.3 Å². The molecule has 0 saturated heterocycles. The van der Waals surface area contributed by atoms with Gasteiger partial charge in [-0.15, -0.1) is 0 Å². The van der Waals surface area contributed by atoms with Crippen molar-refractivity contribution in [2.75, 3.05) is 13.3 Å². The molecule has 0 atom stereocenters. The summed E-state index contributed by atoms with van der Waals surface area (Å²) in [7, 11) is -1.13. The van der Waals surface area contributed by atoms with Crippen LogP contribution in [-0.4, -0.2) is 21.7 Å². The van der Waals surface area contributed by atoms with Gasteiger partial charge in [0.2, 0.25) is 0 Å². The first-order valence-electron chi connectivity index (χ1n) is 4.56. The van der Waals surface area contributed by atoms with Crippen LogP contribution in [0.5, 0.6) is 0 Å². The van der Waals surface area contributed by atoms with E-state index in [0.717, 1.165) is 0 Å². The number of hydrogen-bond acceptors (Lipinski definition) is 3. The van der Waals surface area contributed by atoms with Crippen molar-refractivity contribution in [1.29, 1.82) is 0 Å². The highest BCUT2D eigenvalue weighted by atomic mass is 32.2. The van der Waals surface area contributed by atoms with Crippen LogP contribution < -0.4 is 5.32 Å². The van der Waals surface area contributed by atoms with Gasteiger partial charge in [0.05, 0.1) is 4.90 Å². The van der Waals surface area contributed by atoms with Gasteiger partial charge >= 0.3 is 0 Å². The van der Waals surface area contributed by atoms with Gasteiger partial charge in [0.1, 0.15) is 0 Å². The molecule has 1 aromatic carbocycles. The molecule has 0 aliphatic rings. The molecular weight excluding hydrogens is 222 g/mol. The Morgan fingerprint density at radius 3 is 1.88 bits per heavy atom. The molecular formula is C12H21NO2S. The highest BCUT2D eigenvalue weighted by Crippen LogP contribution is 2.05. The van der Waals surface area contributed by atoms with Crippen molar-refractivity contribution in [2.45, 2.75) is 19.2 Å². The summed E-state index contributed by atoms with van der Waals surface area (Å²) >= 11 is 0. The molecule has 0 fully saturated rings. The smallest absolute Gasteiger partial charge is 0.175 e. The van der Waals surface area contributed by atoms with E-state index in [-0.39, 0.29) is 7.43 Å². The second kappa shape index (κ2) is 8.97. The van der Waals surface area contributed by atoms with Gasteiger partial charge in [-0.2, -0.15) is 0 Å². The minimum absolute atomic E-state index is 0. The number of benzene rings is 1.